The van der Waals surface area contributed by atoms with Crippen LogP contribution < -0.4 is 10.1 Å². The van der Waals surface area contributed by atoms with Crippen molar-refractivity contribution in [3.05, 3.63) is 29.8 Å². The second-order valence-electron chi connectivity index (χ2n) is 6.20. The maximum Gasteiger partial charge on any atom is 0.393 e. The van der Waals surface area contributed by atoms with Crippen molar-refractivity contribution in [1.82, 2.24) is 10.2 Å². The van der Waals surface area contributed by atoms with Crippen molar-refractivity contribution in [2.24, 2.45) is 11.8 Å². The van der Waals surface area contributed by atoms with Crippen molar-refractivity contribution < 1.29 is 32.6 Å². The zero-order valence-corrected chi connectivity index (χ0v) is 14.3. The third-order valence-corrected chi connectivity index (χ3v) is 4.41. The van der Waals surface area contributed by atoms with Gasteiger partial charge in [-0.1, -0.05) is 18.2 Å². The number of carbonyl (C=O) groups is 2. The maximum atomic E-state index is 12.9. The van der Waals surface area contributed by atoms with Crippen LogP contribution >= 0.6 is 0 Å². The van der Waals surface area contributed by atoms with Crippen molar-refractivity contribution in [1.29, 1.82) is 0 Å². The van der Waals surface area contributed by atoms with Gasteiger partial charge in [0.05, 0.1) is 25.5 Å². The Bertz CT molecular complexity index is 651. The van der Waals surface area contributed by atoms with E-state index >= 15 is 0 Å². The van der Waals surface area contributed by atoms with Crippen molar-refractivity contribution >= 4 is 11.9 Å². The smallest absolute Gasteiger partial charge is 0.393 e. The molecular formula is C17H21F3N2O4. The van der Waals surface area contributed by atoms with Gasteiger partial charge in [0.25, 0.3) is 0 Å². The number of carbonyl (C=O) groups excluding carboxylic acids is 1. The summed E-state index contributed by atoms with van der Waals surface area (Å²) in [5.74, 6) is -4.74. The minimum absolute atomic E-state index is 0.262. The van der Waals surface area contributed by atoms with Gasteiger partial charge < -0.3 is 15.2 Å². The second kappa shape index (κ2) is 8.39. The molecule has 6 nitrogen and oxygen atoms in total. The molecule has 2 N–H and O–H groups in total. The summed E-state index contributed by atoms with van der Waals surface area (Å²) in [6, 6.07) is 7.32. The topological polar surface area (TPSA) is 78.9 Å². The van der Waals surface area contributed by atoms with E-state index in [1.165, 1.54) is 4.90 Å². The van der Waals surface area contributed by atoms with Gasteiger partial charge in [-0.2, -0.15) is 13.2 Å². The fourth-order valence-electron chi connectivity index (χ4n) is 3.10. The van der Waals surface area contributed by atoms with E-state index in [1.54, 1.807) is 13.2 Å². The number of likely N-dealkylation sites (tertiary alicyclic amines) is 1. The van der Waals surface area contributed by atoms with Crippen LogP contribution in [-0.2, 0) is 16.0 Å². The molecule has 0 bridgehead atoms. The summed E-state index contributed by atoms with van der Waals surface area (Å²) in [4.78, 5) is 24.2. The minimum atomic E-state index is -4.60. The van der Waals surface area contributed by atoms with E-state index in [-0.39, 0.29) is 13.1 Å². The molecule has 1 heterocycles. The molecule has 1 amide bonds. The Balaban J connectivity index is 1.83. The average molecular weight is 374 g/mol. The number of para-hydroxylation sites is 1. The van der Waals surface area contributed by atoms with E-state index in [0.717, 1.165) is 5.56 Å². The van der Waals surface area contributed by atoms with Gasteiger partial charge in [-0.25, -0.2) is 0 Å². The van der Waals surface area contributed by atoms with Crippen molar-refractivity contribution in [2.45, 2.75) is 12.6 Å². The third-order valence-electron chi connectivity index (χ3n) is 4.41. The average Bonchev–Trinajstić information content (AvgIpc) is 2.99. The lowest BCUT2D eigenvalue weighted by Gasteiger charge is -2.18. The van der Waals surface area contributed by atoms with Crippen LogP contribution in [0.1, 0.15) is 5.56 Å². The van der Waals surface area contributed by atoms with E-state index in [4.69, 9.17) is 9.84 Å². The summed E-state index contributed by atoms with van der Waals surface area (Å²) in [6.45, 7) is -0.736. The van der Waals surface area contributed by atoms with Crippen LogP contribution in [-0.4, -0.2) is 61.3 Å². The van der Waals surface area contributed by atoms with Crippen LogP contribution in [0.15, 0.2) is 24.3 Å². The molecule has 2 atom stereocenters. The highest BCUT2D eigenvalue weighted by Crippen LogP contribution is 2.37. The van der Waals surface area contributed by atoms with Gasteiger partial charge in [0.2, 0.25) is 5.91 Å². The summed E-state index contributed by atoms with van der Waals surface area (Å²) in [6.07, 6.45) is -4.09. The van der Waals surface area contributed by atoms with Crippen LogP contribution in [0.25, 0.3) is 0 Å². The van der Waals surface area contributed by atoms with Gasteiger partial charge in [0.1, 0.15) is 5.75 Å². The minimum Gasteiger partial charge on any atom is -0.496 e. The number of carboxylic acid groups (broad SMARTS) is 1. The SMILES string of the molecule is COc1ccccc1CCNC(=O)CN1C[C@@H](C(F)(F)F)[C@H](C(=O)O)C1. The van der Waals surface area contributed by atoms with Crippen molar-refractivity contribution in [2.75, 3.05) is 33.3 Å². The number of alkyl halides is 3. The fourth-order valence-corrected chi connectivity index (χ4v) is 3.10. The van der Waals surface area contributed by atoms with Crippen LogP contribution in [0.2, 0.25) is 0 Å². The van der Waals surface area contributed by atoms with E-state index in [2.05, 4.69) is 5.32 Å². The van der Waals surface area contributed by atoms with Crippen LogP contribution in [0.5, 0.6) is 5.75 Å². The Morgan fingerprint density at radius 1 is 1.31 bits per heavy atom. The number of benzene rings is 1. The summed E-state index contributed by atoms with van der Waals surface area (Å²) in [7, 11) is 1.54. The zero-order chi connectivity index (χ0) is 19.3. The number of methoxy groups -OCH3 is 1. The largest absolute Gasteiger partial charge is 0.496 e. The molecule has 1 aromatic rings. The Hall–Kier alpha value is -2.29. The normalized spacial score (nSPS) is 20.8. The van der Waals surface area contributed by atoms with Crippen molar-refractivity contribution in [3.8, 4) is 5.75 Å². The van der Waals surface area contributed by atoms with E-state index < -0.39 is 36.4 Å². The molecule has 2 rings (SSSR count). The molecule has 1 saturated heterocycles. The number of carboxylic acids is 1. The van der Waals surface area contributed by atoms with Crippen LogP contribution in [0, 0.1) is 11.8 Å². The number of ether oxygens (including phenoxy) is 1. The molecule has 26 heavy (non-hydrogen) atoms. The number of rotatable bonds is 7. The lowest BCUT2D eigenvalue weighted by molar-refractivity contribution is -0.188. The number of hydrogen-bond acceptors (Lipinski definition) is 4. The van der Waals surface area contributed by atoms with Crippen LogP contribution in [0.3, 0.4) is 0 Å². The van der Waals surface area contributed by atoms with E-state index in [9.17, 15) is 22.8 Å². The first-order chi connectivity index (χ1) is 12.2. The standard InChI is InChI=1S/C17H21F3N2O4/c1-26-14-5-3-2-4-11(14)6-7-21-15(23)10-22-8-12(16(24)25)13(9-22)17(18,19)20/h2-5,12-13H,6-10H2,1H3,(H,21,23)(H,24,25)/t12-,13-/m1/s1. The van der Waals surface area contributed by atoms with Gasteiger partial charge in [-0.15, -0.1) is 0 Å². The van der Waals surface area contributed by atoms with Gasteiger partial charge in [0.15, 0.2) is 0 Å². The van der Waals surface area contributed by atoms with Gasteiger partial charge in [-0.3, -0.25) is 14.5 Å². The van der Waals surface area contributed by atoms with E-state index in [0.29, 0.717) is 18.7 Å². The number of nitrogens with zero attached hydrogens (tertiary/aromatic N) is 1. The third kappa shape index (κ3) is 5.10. The molecular weight excluding hydrogens is 353 g/mol. The molecule has 1 fully saturated rings. The van der Waals surface area contributed by atoms with Crippen LogP contribution in [0.4, 0.5) is 13.2 Å². The monoisotopic (exact) mass is 374 g/mol. The molecule has 1 aliphatic rings. The summed E-state index contributed by atoms with van der Waals surface area (Å²) in [5, 5.41) is 11.6. The van der Waals surface area contributed by atoms with Gasteiger partial charge in [-0.05, 0) is 18.1 Å². The molecule has 0 radical (unpaired) electrons. The molecule has 0 aliphatic carbocycles. The molecule has 0 spiro atoms. The summed E-state index contributed by atoms with van der Waals surface area (Å²) < 4.78 is 44.0. The molecule has 0 saturated carbocycles. The number of halogens is 3. The zero-order valence-electron chi connectivity index (χ0n) is 14.3. The predicted octanol–water partition coefficient (Wildman–Crippen LogP) is 1.55. The maximum absolute atomic E-state index is 12.9. The lowest BCUT2D eigenvalue weighted by atomic mass is 9.96. The number of amides is 1. The number of nitrogens with one attached hydrogen (secondary N) is 1. The Labute approximate surface area is 148 Å². The van der Waals surface area contributed by atoms with Crippen molar-refractivity contribution in [3.63, 3.8) is 0 Å². The number of aliphatic carboxylic acids is 1. The lowest BCUT2D eigenvalue weighted by Crippen LogP contribution is -2.37. The molecule has 9 heteroatoms. The molecule has 1 aliphatic heterocycles. The van der Waals surface area contributed by atoms with Gasteiger partial charge in [0, 0.05) is 19.6 Å². The molecule has 0 aromatic heterocycles. The molecule has 0 unspecified atom stereocenters. The van der Waals surface area contributed by atoms with Gasteiger partial charge >= 0.3 is 12.1 Å². The van der Waals surface area contributed by atoms with E-state index in [1.807, 2.05) is 18.2 Å². The first-order valence-corrected chi connectivity index (χ1v) is 8.13. The second-order valence-corrected chi connectivity index (χ2v) is 6.20. The summed E-state index contributed by atoms with van der Waals surface area (Å²) in [5.41, 5.74) is 0.902. The molecule has 144 valence electrons. The molecule has 1 aromatic carbocycles. The fraction of sp³-hybridized carbons (Fsp3) is 0.529. The Morgan fingerprint density at radius 3 is 2.58 bits per heavy atom. The first-order valence-electron chi connectivity index (χ1n) is 8.13. The summed E-state index contributed by atoms with van der Waals surface area (Å²) >= 11 is 0. The predicted molar refractivity (Wildman–Crippen MR) is 86.8 cm³/mol. The number of hydrogen-bond donors (Lipinski definition) is 2. The Morgan fingerprint density at radius 2 is 2.00 bits per heavy atom. The first kappa shape index (κ1) is 20.0. The highest BCUT2D eigenvalue weighted by Gasteiger charge is 2.52. The Kier molecular flexibility index (Phi) is 6.47. The highest BCUT2D eigenvalue weighted by atomic mass is 19.4. The highest BCUT2D eigenvalue weighted by molar-refractivity contribution is 5.78. The quantitative estimate of drug-likeness (QED) is 0.757.